The van der Waals surface area contributed by atoms with Gasteiger partial charge >= 0.3 is 0 Å². The van der Waals surface area contributed by atoms with E-state index in [0.717, 1.165) is 17.0 Å². The molecule has 2 aromatic heterocycles. The molecule has 0 bridgehead atoms. The van der Waals surface area contributed by atoms with Crippen LogP contribution in [-0.4, -0.2) is 37.5 Å². The summed E-state index contributed by atoms with van der Waals surface area (Å²) in [6.07, 6.45) is 0. The normalized spacial score (nSPS) is 10.8. The monoisotopic (exact) mass is 366 g/mol. The smallest absolute Gasteiger partial charge is 0.247 e. The molecule has 130 valence electrons. The third kappa shape index (κ3) is 3.42. The predicted octanol–water partition coefficient (Wildman–Crippen LogP) is 3.01. The van der Waals surface area contributed by atoms with Gasteiger partial charge in [-0.25, -0.2) is 0 Å². The summed E-state index contributed by atoms with van der Waals surface area (Å²) in [6, 6.07) is 17.1. The van der Waals surface area contributed by atoms with Crippen LogP contribution in [0.2, 0.25) is 0 Å². The number of thioether (sulfide) groups is 1. The molecule has 0 saturated carbocycles. The van der Waals surface area contributed by atoms with Gasteiger partial charge in [0.25, 0.3) is 0 Å². The molecule has 2 aromatic carbocycles. The fraction of sp³-hybridized carbons (Fsp3) is 0.118. The van der Waals surface area contributed by atoms with Gasteiger partial charge in [-0.05, 0) is 46.8 Å². The van der Waals surface area contributed by atoms with Gasteiger partial charge in [0.1, 0.15) is 5.75 Å². The molecule has 0 aliphatic rings. The van der Waals surface area contributed by atoms with Crippen LogP contribution >= 0.6 is 11.8 Å². The third-order valence-electron chi connectivity index (χ3n) is 3.57. The molecule has 26 heavy (non-hydrogen) atoms. The Morgan fingerprint density at radius 2 is 1.81 bits per heavy atom. The first kappa shape index (κ1) is 16.3. The Kier molecular flexibility index (Phi) is 4.61. The first-order chi connectivity index (χ1) is 12.8. The number of nitrogens with zero attached hydrogens (tertiary/aromatic N) is 6. The van der Waals surface area contributed by atoms with Crippen molar-refractivity contribution in [1.29, 1.82) is 0 Å². The molecule has 0 saturated heterocycles. The third-order valence-corrected chi connectivity index (χ3v) is 4.47. The van der Waals surface area contributed by atoms with Gasteiger partial charge in [0.2, 0.25) is 16.9 Å². The van der Waals surface area contributed by atoms with E-state index in [1.165, 1.54) is 11.8 Å². The first-order valence-electron chi connectivity index (χ1n) is 7.77. The van der Waals surface area contributed by atoms with Gasteiger partial charge < -0.3 is 9.15 Å². The minimum absolute atomic E-state index is 0.469. The van der Waals surface area contributed by atoms with Gasteiger partial charge in [-0.2, -0.15) is 4.68 Å². The molecule has 0 fully saturated rings. The Morgan fingerprint density at radius 1 is 1.00 bits per heavy atom. The summed E-state index contributed by atoms with van der Waals surface area (Å²) in [5.41, 5.74) is 1.73. The highest BCUT2D eigenvalue weighted by Gasteiger charge is 2.13. The summed E-state index contributed by atoms with van der Waals surface area (Å²) in [4.78, 5) is 0. The average molecular weight is 366 g/mol. The van der Waals surface area contributed by atoms with Gasteiger partial charge in [0.05, 0.1) is 18.6 Å². The van der Waals surface area contributed by atoms with Crippen molar-refractivity contribution in [3.05, 3.63) is 60.5 Å². The lowest BCUT2D eigenvalue weighted by molar-refractivity contribution is 0.414. The molecule has 0 aliphatic heterocycles. The molecule has 9 heteroatoms. The predicted molar refractivity (Wildman–Crippen MR) is 95.0 cm³/mol. The van der Waals surface area contributed by atoms with Crippen molar-refractivity contribution in [2.24, 2.45) is 0 Å². The maximum absolute atomic E-state index is 5.71. The Labute approximate surface area is 153 Å². The molecule has 0 aliphatic carbocycles. The minimum atomic E-state index is 0.469. The molecule has 0 amide bonds. The van der Waals surface area contributed by atoms with E-state index < -0.39 is 0 Å². The lowest BCUT2D eigenvalue weighted by Crippen LogP contribution is -1.99. The summed E-state index contributed by atoms with van der Waals surface area (Å²) in [5.74, 6) is 2.25. The topological polar surface area (TPSA) is 91.8 Å². The zero-order chi connectivity index (χ0) is 17.8. The largest absolute Gasteiger partial charge is 0.497 e. The van der Waals surface area contributed by atoms with E-state index in [1.54, 1.807) is 11.8 Å². The van der Waals surface area contributed by atoms with Gasteiger partial charge in [-0.3, -0.25) is 0 Å². The van der Waals surface area contributed by atoms with Crippen molar-refractivity contribution in [2.75, 3.05) is 7.11 Å². The van der Waals surface area contributed by atoms with E-state index in [0.29, 0.717) is 22.7 Å². The Balaban J connectivity index is 1.47. The molecule has 0 spiro atoms. The first-order valence-corrected chi connectivity index (χ1v) is 8.75. The zero-order valence-electron chi connectivity index (χ0n) is 13.8. The Morgan fingerprint density at radius 3 is 2.58 bits per heavy atom. The molecule has 8 nitrogen and oxygen atoms in total. The molecule has 4 aromatic rings. The highest BCUT2D eigenvalue weighted by atomic mass is 32.2. The van der Waals surface area contributed by atoms with E-state index >= 15 is 0 Å². The number of methoxy groups -OCH3 is 1. The van der Waals surface area contributed by atoms with Crippen LogP contribution in [0.1, 0.15) is 5.89 Å². The molecule has 0 atom stereocenters. The number of hydrogen-bond donors (Lipinski definition) is 0. The number of rotatable bonds is 6. The van der Waals surface area contributed by atoms with Gasteiger partial charge in [0, 0.05) is 5.56 Å². The van der Waals surface area contributed by atoms with Crippen LogP contribution in [-0.2, 0) is 5.75 Å². The van der Waals surface area contributed by atoms with Gasteiger partial charge in [0.15, 0.2) is 0 Å². The van der Waals surface area contributed by atoms with Crippen LogP contribution in [0, 0.1) is 0 Å². The molecule has 0 unspecified atom stereocenters. The van der Waals surface area contributed by atoms with Crippen molar-refractivity contribution in [2.45, 2.75) is 10.9 Å². The second-order valence-electron chi connectivity index (χ2n) is 5.23. The molecule has 2 heterocycles. The highest BCUT2D eigenvalue weighted by Crippen LogP contribution is 2.24. The second-order valence-corrected chi connectivity index (χ2v) is 6.17. The van der Waals surface area contributed by atoms with Crippen molar-refractivity contribution >= 4 is 11.8 Å². The number of aromatic nitrogens is 6. The van der Waals surface area contributed by atoms with E-state index in [9.17, 15) is 0 Å². The Hall–Kier alpha value is -3.20. The average Bonchev–Trinajstić information content (AvgIpc) is 3.36. The van der Waals surface area contributed by atoms with Crippen LogP contribution in [0.5, 0.6) is 5.75 Å². The van der Waals surface area contributed by atoms with E-state index in [2.05, 4.69) is 25.7 Å². The highest BCUT2D eigenvalue weighted by molar-refractivity contribution is 7.98. The number of benzene rings is 2. The number of ether oxygens (including phenoxy) is 1. The van der Waals surface area contributed by atoms with E-state index in [4.69, 9.17) is 9.15 Å². The van der Waals surface area contributed by atoms with Crippen molar-refractivity contribution in [3.8, 4) is 22.9 Å². The number of hydrogen-bond acceptors (Lipinski definition) is 8. The fourth-order valence-electron chi connectivity index (χ4n) is 2.29. The second kappa shape index (κ2) is 7.36. The molecular weight excluding hydrogens is 352 g/mol. The van der Waals surface area contributed by atoms with E-state index in [-0.39, 0.29) is 0 Å². The SMILES string of the molecule is COc1ccc(-n2nnnc2SCc2nnc(-c3ccccc3)o2)cc1. The van der Waals surface area contributed by atoms with Crippen LogP contribution in [0.25, 0.3) is 17.1 Å². The molecule has 0 radical (unpaired) electrons. The maximum atomic E-state index is 5.71. The standard InChI is InChI=1S/C17H14N6O2S/c1-24-14-9-7-13(8-10-14)23-17(20-21-22-23)26-11-15-18-19-16(25-15)12-5-3-2-4-6-12/h2-10H,11H2,1H3. The molecule has 4 rings (SSSR count). The fourth-order valence-corrected chi connectivity index (χ4v) is 3.02. The van der Waals surface area contributed by atoms with Crippen LogP contribution < -0.4 is 4.74 Å². The summed E-state index contributed by atoms with van der Waals surface area (Å²) in [5, 5.41) is 20.6. The lowest BCUT2D eigenvalue weighted by atomic mass is 10.2. The van der Waals surface area contributed by atoms with Crippen molar-refractivity contribution in [3.63, 3.8) is 0 Å². The number of tetrazole rings is 1. The zero-order valence-corrected chi connectivity index (χ0v) is 14.6. The van der Waals surface area contributed by atoms with Crippen LogP contribution in [0.15, 0.2) is 64.2 Å². The van der Waals surface area contributed by atoms with Crippen LogP contribution in [0.3, 0.4) is 0 Å². The van der Waals surface area contributed by atoms with Gasteiger partial charge in [-0.1, -0.05) is 30.0 Å². The van der Waals surface area contributed by atoms with Crippen LogP contribution in [0.4, 0.5) is 0 Å². The quantitative estimate of drug-likeness (QED) is 0.481. The summed E-state index contributed by atoms with van der Waals surface area (Å²) in [6.45, 7) is 0. The lowest BCUT2D eigenvalue weighted by Gasteiger charge is -2.04. The summed E-state index contributed by atoms with van der Waals surface area (Å²) < 4.78 is 12.5. The maximum Gasteiger partial charge on any atom is 0.247 e. The van der Waals surface area contributed by atoms with Crippen molar-refractivity contribution < 1.29 is 9.15 Å². The van der Waals surface area contributed by atoms with E-state index in [1.807, 2.05) is 54.6 Å². The minimum Gasteiger partial charge on any atom is -0.497 e. The van der Waals surface area contributed by atoms with Gasteiger partial charge in [-0.15, -0.1) is 15.3 Å². The van der Waals surface area contributed by atoms with Crippen molar-refractivity contribution in [1.82, 2.24) is 30.4 Å². The summed E-state index contributed by atoms with van der Waals surface area (Å²) in [7, 11) is 1.63. The summed E-state index contributed by atoms with van der Waals surface area (Å²) >= 11 is 1.42. The molecular formula is C17H14N6O2S. The Bertz CT molecular complexity index is 984. The molecule has 0 N–H and O–H groups in total.